The van der Waals surface area contributed by atoms with E-state index in [9.17, 15) is 8.42 Å². The molecule has 0 atom stereocenters. The lowest BCUT2D eigenvalue weighted by Gasteiger charge is -2.17. The molecule has 0 amide bonds. The van der Waals surface area contributed by atoms with E-state index in [2.05, 4.69) is 0 Å². The monoisotopic (exact) mass is 262 g/mol. The van der Waals surface area contributed by atoms with Crippen LogP contribution in [-0.4, -0.2) is 8.42 Å². The normalized spacial score (nSPS) is 11.6. The van der Waals surface area contributed by atoms with Crippen LogP contribution in [0.15, 0.2) is 0 Å². The van der Waals surface area contributed by atoms with Crippen molar-refractivity contribution in [3.63, 3.8) is 0 Å². The first kappa shape index (κ1) is 13.3. The highest BCUT2D eigenvalue weighted by molar-refractivity contribution is 8.10. The minimum atomic E-state index is -4.00. The van der Waals surface area contributed by atoms with Crippen LogP contribution >= 0.6 is 10.7 Å². The van der Waals surface area contributed by atoms with Gasteiger partial charge in [-0.1, -0.05) is 0 Å². The average Bonchev–Trinajstić information content (AvgIpc) is 2.17. The van der Waals surface area contributed by atoms with E-state index in [4.69, 9.17) is 14.9 Å². The number of hydrogen-bond donors (Lipinski definition) is 0. The summed E-state index contributed by atoms with van der Waals surface area (Å²) >= 11 is 0. The lowest BCUT2D eigenvalue weighted by atomic mass is 9.94. The second kappa shape index (κ2) is 4.26. The minimum absolute atomic E-state index is 0.343. The van der Waals surface area contributed by atoms with E-state index in [0.29, 0.717) is 5.75 Å². The molecule has 0 aromatic heterocycles. The fraction of sp³-hybridized carbons (Fsp3) is 0.455. The molecule has 0 heterocycles. The molecule has 0 bridgehead atoms. The first-order valence-electron chi connectivity index (χ1n) is 4.86. The molecule has 1 aromatic rings. The van der Waals surface area contributed by atoms with Gasteiger partial charge >= 0.3 is 9.33 Å². The van der Waals surface area contributed by atoms with Crippen molar-refractivity contribution in [2.75, 3.05) is 0 Å². The van der Waals surface area contributed by atoms with Gasteiger partial charge in [0.2, 0.25) is 0 Å². The van der Waals surface area contributed by atoms with Gasteiger partial charge in [-0.25, -0.2) is 0 Å². The van der Waals surface area contributed by atoms with Crippen LogP contribution in [0.1, 0.15) is 27.8 Å². The SMILES string of the molecule is Cc1c(C)c(C)c(OS(=O)(=O)Cl)c(C)c1C. The molecule has 0 aliphatic heterocycles. The van der Waals surface area contributed by atoms with Crippen LogP contribution in [0.5, 0.6) is 5.75 Å². The molecular weight excluding hydrogens is 248 g/mol. The smallest absolute Gasteiger partial charge is 0.370 e. The van der Waals surface area contributed by atoms with E-state index in [1.807, 2.05) is 34.6 Å². The highest BCUT2D eigenvalue weighted by Crippen LogP contribution is 2.33. The Bertz CT molecular complexity index is 504. The Labute approximate surface area is 101 Å². The Hall–Kier alpha value is -0.740. The lowest BCUT2D eigenvalue weighted by Crippen LogP contribution is -2.06. The van der Waals surface area contributed by atoms with Crippen LogP contribution < -0.4 is 4.18 Å². The van der Waals surface area contributed by atoms with Crippen molar-refractivity contribution in [3.05, 3.63) is 27.8 Å². The molecule has 0 fully saturated rings. The van der Waals surface area contributed by atoms with Crippen molar-refractivity contribution in [2.24, 2.45) is 0 Å². The first-order chi connectivity index (χ1) is 7.15. The second-order valence-electron chi connectivity index (χ2n) is 3.93. The van der Waals surface area contributed by atoms with Crippen LogP contribution in [0, 0.1) is 34.6 Å². The molecule has 0 radical (unpaired) electrons. The number of benzene rings is 1. The Morgan fingerprint density at radius 1 is 0.812 bits per heavy atom. The molecule has 0 saturated heterocycles. The maximum atomic E-state index is 11.0. The van der Waals surface area contributed by atoms with E-state index < -0.39 is 9.33 Å². The highest BCUT2D eigenvalue weighted by Gasteiger charge is 2.17. The predicted molar refractivity (Wildman–Crippen MR) is 65.5 cm³/mol. The molecule has 3 nitrogen and oxygen atoms in total. The Morgan fingerprint density at radius 3 is 1.44 bits per heavy atom. The van der Waals surface area contributed by atoms with Gasteiger partial charge in [-0.05, 0) is 62.4 Å². The molecule has 0 saturated carbocycles. The van der Waals surface area contributed by atoms with Crippen molar-refractivity contribution in [1.29, 1.82) is 0 Å². The zero-order valence-electron chi connectivity index (χ0n) is 10.0. The van der Waals surface area contributed by atoms with Gasteiger partial charge in [0.05, 0.1) is 10.7 Å². The molecule has 1 aromatic carbocycles. The lowest BCUT2D eigenvalue weighted by molar-refractivity contribution is 0.498. The van der Waals surface area contributed by atoms with Crippen LogP contribution in [0.4, 0.5) is 0 Å². The van der Waals surface area contributed by atoms with Crippen molar-refractivity contribution >= 4 is 20.0 Å². The summed E-state index contributed by atoms with van der Waals surface area (Å²) in [5, 5.41) is 0. The largest absolute Gasteiger partial charge is 0.401 e. The number of halogens is 1. The number of hydrogen-bond acceptors (Lipinski definition) is 3. The summed E-state index contributed by atoms with van der Waals surface area (Å²) in [6, 6.07) is 0. The molecule has 16 heavy (non-hydrogen) atoms. The van der Waals surface area contributed by atoms with Gasteiger partial charge in [0, 0.05) is 0 Å². The van der Waals surface area contributed by atoms with Gasteiger partial charge in [0.15, 0.2) is 0 Å². The average molecular weight is 263 g/mol. The fourth-order valence-corrected chi connectivity index (χ4v) is 2.33. The van der Waals surface area contributed by atoms with Gasteiger partial charge < -0.3 is 4.18 Å². The molecule has 0 aliphatic rings. The topological polar surface area (TPSA) is 43.4 Å². The van der Waals surface area contributed by atoms with Crippen molar-refractivity contribution in [1.82, 2.24) is 0 Å². The van der Waals surface area contributed by atoms with Crippen LogP contribution in [0.3, 0.4) is 0 Å². The third kappa shape index (κ3) is 2.50. The summed E-state index contributed by atoms with van der Waals surface area (Å²) in [5.74, 6) is 0.343. The van der Waals surface area contributed by atoms with E-state index in [0.717, 1.165) is 27.8 Å². The third-order valence-corrected chi connectivity index (χ3v) is 3.67. The maximum absolute atomic E-state index is 11.0. The van der Waals surface area contributed by atoms with Crippen molar-refractivity contribution < 1.29 is 12.6 Å². The highest BCUT2D eigenvalue weighted by atomic mass is 35.7. The third-order valence-electron chi connectivity index (χ3n) is 3.11. The van der Waals surface area contributed by atoms with Crippen LogP contribution in [0.2, 0.25) is 0 Å². The Morgan fingerprint density at radius 2 is 1.12 bits per heavy atom. The Balaban J connectivity index is 3.52. The molecule has 0 spiro atoms. The molecule has 1 rings (SSSR count). The maximum Gasteiger partial charge on any atom is 0.401 e. The summed E-state index contributed by atoms with van der Waals surface area (Å²) in [5.41, 5.74) is 4.82. The standard InChI is InChI=1S/C11H15ClO3S/c1-6-7(2)9(4)11(10(5)8(6)3)15-16(12,13)14/h1-5H3. The van der Waals surface area contributed by atoms with Gasteiger partial charge in [0.1, 0.15) is 5.75 Å². The van der Waals surface area contributed by atoms with Crippen molar-refractivity contribution in [2.45, 2.75) is 34.6 Å². The van der Waals surface area contributed by atoms with Crippen molar-refractivity contribution in [3.8, 4) is 5.75 Å². The van der Waals surface area contributed by atoms with Gasteiger partial charge in [-0.2, -0.15) is 8.42 Å². The molecule has 0 aliphatic carbocycles. The quantitative estimate of drug-likeness (QED) is 0.770. The molecule has 90 valence electrons. The summed E-state index contributed by atoms with van der Waals surface area (Å²) < 4.78 is 26.7. The Kier molecular flexibility index (Phi) is 3.55. The first-order valence-corrected chi connectivity index (χ1v) is 7.09. The minimum Gasteiger partial charge on any atom is -0.370 e. The van der Waals surface area contributed by atoms with E-state index in [-0.39, 0.29) is 0 Å². The van der Waals surface area contributed by atoms with E-state index >= 15 is 0 Å². The predicted octanol–water partition coefficient (Wildman–Crippen LogP) is 3.09. The van der Waals surface area contributed by atoms with Gasteiger partial charge in [-0.15, -0.1) is 0 Å². The van der Waals surface area contributed by atoms with E-state index in [1.54, 1.807) is 0 Å². The second-order valence-corrected chi connectivity index (χ2v) is 6.02. The zero-order chi connectivity index (χ0) is 12.7. The zero-order valence-corrected chi connectivity index (χ0v) is 11.6. The molecular formula is C11H15ClO3S. The summed E-state index contributed by atoms with van der Waals surface area (Å²) in [4.78, 5) is 0. The van der Waals surface area contributed by atoms with Crippen LogP contribution in [-0.2, 0) is 9.33 Å². The number of rotatable bonds is 2. The van der Waals surface area contributed by atoms with Gasteiger partial charge in [-0.3, -0.25) is 0 Å². The summed E-state index contributed by atoms with van der Waals surface area (Å²) in [6.07, 6.45) is 0. The van der Waals surface area contributed by atoms with E-state index in [1.165, 1.54) is 0 Å². The fourth-order valence-electron chi connectivity index (χ4n) is 1.69. The molecule has 0 unspecified atom stereocenters. The molecule has 0 N–H and O–H groups in total. The summed E-state index contributed by atoms with van der Waals surface area (Å²) in [7, 11) is 1.11. The van der Waals surface area contributed by atoms with Crippen LogP contribution in [0.25, 0.3) is 0 Å². The molecule has 5 heteroatoms. The summed E-state index contributed by atoms with van der Waals surface area (Å²) in [6.45, 7) is 9.53. The van der Waals surface area contributed by atoms with Gasteiger partial charge in [0.25, 0.3) is 0 Å².